The minimum atomic E-state index is -2.91. The first-order chi connectivity index (χ1) is 13.0. The Kier molecular flexibility index (Phi) is 6.43. The number of carbonyl (C=O) groups is 1. The first kappa shape index (κ1) is 19.8. The highest BCUT2D eigenvalue weighted by Crippen LogP contribution is 2.40. The highest BCUT2D eigenvalue weighted by atomic mass is 79.9. The van der Waals surface area contributed by atoms with E-state index in [1.807, 2.05) is 18.2 Å². The van der Waals surface area contributed by atoms with E-state index in [0.717, 1.165) is 15.8 Å². The molecule has 1 N–H and O–H groups in total. The van der Waals surface area contributed by atoms with Crippen molar-refractivity contribution in [1.29, 1.82) is 0 Å². The van der Waals surface area contributed by atoms with Crippen molar-refractivity contribution in [3.8, 4) is 11.5 Å². The second-order valence-electron chi connectivity index (χ2n) is 5.65. The van der Waals surface area contributed by atoms with Gasteiger partial charge >= 0.3 is 12.6 Å². The molecule has 1 atom stereocenters. The topological polar surface area (TPSA) is 50.8 Å². The number of halogens is 3. The van der Waals surface area contributed by atoms with Gasteiger partial charge in [-0.15, -0.1) is 11.8 Å². The molecule has 5 nitrogen and oxygen atoms in total. The number of urea groups is 1. The lowest BCUT2D eigenvalue weighted by Gasteiger charge is -2.25. The summed E-state index contributed by atoms with van der Waals surface area (Å²) < 4.78 is 35.1. The van der Waals surface area contributed by atoms with Crippen LogP contribution in [0, 0.1) is 0 Å². The quantitative estimate of drug-likeness (QED) is 0.656. The maximum atomic E-state index is 12.7. The summed E-state index contributed by atoms with van der Waals surface area (Å²) in [4.78, 5) is 14.4. The molecule has 2 aromatic carbocycles. The number of methoxy groups -OCH3 is 1. The summed E-state index contributed by atoms with van der Waals surface area (Å²) >= 11 is 5.12. The molecule has 9 heteroatoms. The van der Waals surface area contributed by atoms with E-state index in [-0.39, 0.29) is 17.2 Å². The van der Waals surface area contributed by atoms with Crippen molar-refractivity contribution in [2.45, 2.75) is 12.0 Å². The number of thioether (sulfide) groups is 1. The van der Waals surface area contributed by atoms with Gasteiger partial charge in [-0.1, -0.05) is 12.1 Å². The molecule has 1 unspecified atom stereocenters. The van der Waals surface area contributed by atoms with Crippen molar-refractivity contribution < 1.29 is 23.0 Å². The third-order valence-corrected chi connectivity index (χ3v) is 5.80. The number of ether oxygens (including phenoxy) is 2. The molecule has 2 aromatic rings. The van der Waals surface area contributed by atoms with Crippen molar-refractivity contribution in [3.05, 3.63) is 52.5 Å². The van der Waals surface area contributed by atoms with Gasteiger partial charge in [-0.3, -0.25) is 0 Å². The van der Waals surface area contributed by atoms with Crippen LogP contribution in [0.25, 0.3) is 0 Å². The lowest BCUT2D eigenvalue weighted by molar-refractivity contribution is -0.0497. The molecule has 27 heavy (non-hydrogen) atoms. The van der Waals surface area contributed by atoms with Gasteiger partial charge in [-0.05, 0) is 45.8 Å². The van der Waals surface area contributed by atoms with Crippen molar-refractivity contribution in [2.75, 3.05) is 24.7 Å². The Morgan fingerprint density at radius 1 is 1.33 bits per heavy atom. The van der Waals surface area contributed by atoms with Crippen molar-refractivity contribution in [2.24, 2.45) is 0 Å². The van der Waals surface area contributed by atoms with Crippen molar-refractivity contribution >= 4 is 39.4 Å². The van der Waals surface area contributed by atoms with E-state index in [9.17, 15) is 13.6 Å². The number of hydrogen-bond acceptors (Lipinski definition) is 4. The van der Waals surface area contributed by atoms with Gasteiger partial charge in [0.1, 0.15) is 16.9 Å². The van der Waals surface area contributed by atoms with Crippen LogP contribution in [0.15, 0.2) is 46.9 Å². The van der Waals surface area contributed by atoms with Crippen LogP contribution in [-0.2, 0) is 0 Å². The number of anilines is 1. The van der Waals surface area contributed by atoms with Crippen LogP contribution in [0.3, 0.4) is 0 Å². The van der Waals surface area contributed by atoms with Crippen LogP contribution in [0.1, 0.15) is 10.9 Å². The molecule has 0 aliphatic carbocycles. The molecule has 0 bridgehead atoms. The average Bonchev–Trinajstić information content (AvgIpc) is 3.11. The van der Waals surface area contributed by atoms with Crippen molar-refractivity contribution in [3.63, 3.8) is 0 Å². The molecule has 3 rings (SSSR count). The van der Waals surface area contributed by atoms with E-state index in [4.69, 9.17) is 4.74 Å². The maximum Gasteiger partial charge on any atom is 0.387 e. The zero-order valence-electron chi connectivity index (χ0n) is 14.3. The minimum absolute atomic E-state index is 0.00534. The Morgan fingerprint density at radius 3 is 2.85 bits per heavy atom. The number of carbonyl (C=O) groups excluding carboxylic acids is 1. The van der Waals surface area contributed by atoms with Gasteiger partial charge < -0.3 is 19.7 Å². The molecule has 144 valence electrons. The predicted molar refractivity (Wildman–Crippen MR) is 105 cm³/mol. The second-order valence-corrected chi connectivity index (χ2v) is 7.69. The van der Waals surface area contributed by atoms with Crippen LogP contribution >= 0.6 is 27.7 Å². The van der Waals surface area contributed by atoms with Crippen LogP contribution in [-0.4, -0.2) is 36.9 Å². The summed E-state index contributed by atoms with van der Waals surface area (Å²) in [7, 11) is 1.59. The normalized spacial score (nSPS) is 16.5. The smallest absolute Gasteiger partial charge is 0.387 e. The summed E-state index contributed by atoms with van der Waals surface area (Å²) in [6.07, 6.45) is 0. The van der Waals surface area contributed by atoms with Crippen LogP contribution in [0.2, 0.25) is 0 Å². The molecule has 2 amide bonds. The number of amides is 2. The van der Waals surface area contributed by atoms with Gasteiger partial charge in [-0.25, -0.2) is 4.79 Å². The second kappa shape index (κ2) is 8.79. The summed E-state index contributed by atoms with van der Waals surface area (Å²) in [6, 6.07) is 11.3. The maximum absolute atomic E-state index is 12.7. The fourth-order valence-electron chi connectivity index (χ4n) is 2.74. The lowest BCUT2D eigenvalue weighted by atomic mass is 10.2. The zero-order valence-corrected chi connectivity index (χ0v) is 16.7. The molecule has 1 aliphatic rings. The largest absolute Gasteiger partial charge is 0.496 e. The Morgan fingerprint density at radius 2 is 2.15 bits per heavy atom. The molecule has 0 saturated carbocycles. The van der Waals surface area contributed by atoms with Gasteiger partial charge in [0.2, 0.25) is 0 Å². The Hall–Kier alpha value is -2.00. The predicted octanol–water partition coefficient (Wildman–Crippen LogP) is 5.34. The molecular formula is C18H17BrF2N2O3S. The molecule has 0 aromatic heterocycles. The van der Waals surface area contributed by atoms with Crippen LogP contribution < -0.4 is 14.8 Å². The Bertz CT molecular complexity index is 825. The lowest BCUT2D eigenvalue weighted by Crippen LogP contribution is -2.34. The first-order valence-electron chi connectivity index (χ1n) is 8.05. The third-order valence-electron chi connectivity index (χ3n) is 3.92. The van der Waals surface area contributed by atoms with E-state index in [2.05, 4.69) is 26.0 Å². The summed E-state index contributed by atoms with van der Waals surface area (Å²) in [6.45, 7) is -2.33. The summed E-state index contributed by atoms with van der Waals surface area (Å²) in [5, 5.41) is 2.60. The SMILES string of the molecule is COc1ccc(C2SCCN2C(=O)Nc2cccc(OC(F)F)c2)cc1Br. The van der Waals surface area contributed by atoms with E-state index in [1.54, 1.807) is 35.9 Å². The van der Waals surface area contributed by atoms with Gasteiger partial charge in [0.05, 0.1) is 11.6 Å². The number of nitrogens with zero attached hydrogens (tertiary/aromatic N) is 1. The number of benzene rings is 2. The van der Waals surface area contributed by atoms with E-state index in [0.29, 0.717) is 18.0 Å². The van der Waals surface area contributed by atoms with E-state index < -0.39 is 6.61 Å². The Labute approximate surface area is 168 Å². The number of nitrogens with one attached hydrogen (secondary N) is 1. The summed E-state index contributed by atoms with van der Waals surface area (Å²) in [5.41, 5.74) is 1.36. The standard InChI is InChI=1S/C18H17BrF2N2O3S/c1-25-15-6-5-11(9-14(15)19)16-23(7-8-27-16)18(24)22-12-3-2-4-13(10-12)26-17(20)21/h2-6,9-10,16-17H,7-8H2,1H3,(H,22,24). The van der Waals surface area contributed by atoms with Gasteiger partial charge in [-0.2, -0.15) is 8.78 Å². The monoisotopic (exact) mass is 458 g/mol. The van der Waals surface area contributed by atoms with E-state index in [1.165, 1.54) is 12.1 Å². The number of alkyl halides is 2. The van der Waals surface area contributed by atoms with Gasteiger partial charge in [0, 0.05) is 24.1 Å². The highest BCUT2D eigenvalue weighted by Gasteiger charge is 2.31. The number of hydrogen-bond donors (Lipinski definition) is 1. The third kappa shape index (κ3) is 4.84. The first-order valence-corrected chi connectivity index (χ1v) is 9.89. The molecule has 1 saturated heterocycles. The molecule has 1 fully saturated rings. The molecule has 0 spiro atoms. The van der Waals surface area contributed by atoms with Gasteiger partial charge in [0.15, 0.2) is 0 Å². The Balaban J connectivity index is 1.73. The van der Waals surface area contributed by atoms with Crippen LogP contribution in [0.4, 0.5) is 19.3 Å². The minimum Gasteiger partial charge on any atom is -0.496 e. The molecule has 0 radical (unpaired) electrons. The van der Waals surface area contributed by atoms with E-state index >= 15 is 0 Å². The average molecular weight is 459 g/mol. The molecular weight excluding hydrogens is 442 g/mol. The van der Waals surface area contributed by atoms with Crippen LogP contribution in [0.5, 0.6) is 11.5 Å². The fraction of sp³-hybridized carbons (Fsp3) is 0.278. The molecule has 1 heterocycles. The fourth-order valence-corrected chi connectivity index (χ4v) is 4.54. The summed E-state index contributed by atoms with van der Waals surface area (Å²) in [5.74, 6) is 1.51. The van der Waals surface area contributed by atoms with Crippen molar-refractivity contribution in [1.82, 2.24) is 4.90 Å². The molecule has 1 aliphatic heterocycles. The highest BCUT2D eigenvalue weighted by molar-refractivity contribution is 9.10. The number of rotatable bonds is 5. The zero-order chi connectivity index (χ0) is 19.4. The van der Waals surface area contributed by atoms with Gasteiger partial charge in [0.25, 0.3) is 0 Å².